The van der Waals surface area contributed by atoms with Crippen molar-refractivity contribution >= 4 is 16.8 Å². The largest absolute Gasteiger partial charge is 0.497 e. The Morgan fingerprint density at radius 1 is 1.37 bits per heavy atom. The number of aromatic nitrogens is 2. The van der Waals surface area contributed by atoms with E-state index in [1.165, 1.54) is 11.3 Å². The molecule has 0 radical (unpaired) electrons. The smallest absolute Gasteiger partial charge is 0.237 e. The van der Waals surface area contributed by atoms with E-state index in [0.717, 1.165) is 35.2 Å². The normalized spacial score (nSPS) is 13.8. The summed E-state index contributed by atoms with van der Waals surface area (Å²) in [6, 6.07) is 10.00. The van der Waals surface area contributed by atoms with Crippen molar-refractivity contribution in [3.8, 4) is 5.75 Å². The number of benzene rings is 1. The number of carbonyl (C=O) groups is 1. The highest BCUT2D eigenvalue weighted by Crippen LogP contribution is 2.30. The molecule has 2 aromatic heterocycles. The van der Waals surface area contributed by atoms with Gasteiger partial charge in [-0.1, -0.05) is 6.07 Å². The minimum Gasteiger partial charge on any atom is -0.497 e. The summed E-state index contributed by atoms with van der Waals surface area (Å²) in [6.07, 6.45) is 4.45. The first kappa shape index (κ1) is 17.5. The van der Waals surface area contributed by atoms with Crippen molar-refractivity contribution in [2.24, 2.45) is 0 Å². The molecule has 0 unspecified atom stereocenters. The van der Waals surface area contributed by atoms with Gasteiger partial charge >= 0.3 is 0 Å². The molecule has 0 saturated carbocycles. The molecule has 0 fully saturated rings. The lowest BCUT2D eigenvalue weighted by atomic mass is 10.0. The van der Waals surface area contributed by atoms with E-state index in [2.05, 4.69) is 9.97 Å². The molecule has 140 valence electrons. The lowest BCUT2D eigenvalue weighted by Crippen LogP contribution is -2.41. The molecule has 27 heavy (non-hydrogen) atoms. The number of carbonyl (C=O) groups excluding carboxylic acids is 1. The first-order chi connectivity index (χ1) is 13.1. The van der Waals surface area contributed by atoms with Crippen LogP contribution in [0.1, 0.15) is 16.8 Å². The fourth-order valence-electron chi connectivity index (χ4n) is 3.72. The van der Waals surface area contributed by atoms with Gasteiger partial charge in [-0.2, -0.15) is 0 Å². The third kappa shape index (κ3) is 3.66. The summed E-state index contributed by atoms with van der Waals surface area (Å²) >= 11 is 0. The molecule has 6 heteroatoms. The molecule has 1 N–H and O–H groups in total. The van der Waals surface area contributed by atoms with Crippen LogP contribution in [0.2, 0.25) is 0 Å². The topological polar surface area (TPSA) is 61.5 Å². The summed E-state index contributed by atoms with van der Waals surface area (Å²) in [7, 11) is 3.64. The molecule has 6 nitrogen and oxygen atoms in total. The molecular formula is C21H24N4O2. The third-order valence-corrected chi connectivity index (χ3v) is 5.12. The Morgan fingerprint density at radius 3 is 3.04 bits per heavy atom. The quantitative estimate of drug-likeness (QED) is 0.756. The Hall–Kier alpha value is -2.86. The van der Waals surface area contributed by atoms with Crippen molar-refractivity contribution in [1.29, 1.82) is 0 Å². The van der Waals surface area contributed by atoms with Crippen LogP contribution in [0.4, 0.5) is 0 Å². The first-order valence-corrected chi connectivity index (χ1v) is 9.16. The highest BCUT2D eigenvalue weighted by Gasteiger charge is 2.24. The average molecular weight is 364 g/mol. The van der Waals surface area contributed by atoms with Crippen molar-refractivity contribution in [1.82, 2.24) is 19.8 Å². The standard InChI is InChI=1S/C21H24N4O2/c1-24(12-15-4-3-8-22-11-15)14-21(26)25-9-7-20-18(13-25)17-10-16(27-2)5-6-19(17)23-20/h3-6,8,10-11,23H,7,9,12-14H2,1-2H3. The van der Waals surface area contributed by atoms with Gasteiger partial charge in [-0.25, -0.2) is 0 Å². The summed E-state index contributed by atoms with van der Waals surface area (Å²) in [6.45, 7) is 2.50. The molecule has 4 rings (SSSR count). The highest BCUT2D eigenvalue weighted by atomic mass is 16.5. The van der Waals surface area contributed by atoms with E-state index in [4.69, 9.17) is 4.74 Å². The van der Waals surface area contributed by atoms with Crippen LogP contribution in [0.15, 0.2) is 42.7 Å². The van der Waals surface area contributed by atoms with E-state index in [9.17, 15) is 4.79 Å². The molecule has 0 spiro atoms. The van der Waals surface area contributed by atoms with Gasteiger partial charge in [0.05, 0.1) is 13.7 Å². The maximum atomic E-state index is 12.8. The van der Waals surface area contributed by atoms with Crippen LogP contribution in [0.25, 0.3) is 10.9 Å². The fourth-order valence-corrected chi connectivity index (χ4v) is 3.72. The van der Waals surface area contributed by atoms with Crippen LogP contribution in [-0.4, -0.2) is 52.9 Å². The van der Waals surface area contributed by atoms with Gasteiger partial charge in [0.1, 0.15) is 5.75 Å². The summed E-state index contributed by atoms with van der Waals surface area (Å²) in [4.78, 5) is 24.4. The Bertz CT molecular complexity index is 951. The zero-order chi connectivity index (χ0) is 18.8. The van der Waals surface area contributed by atoms with Gasteiger partial charge in [-0.15, -0.1) is 0 Å². The molecular weight excluding hydrogens is 340 g/mol. The number of nitrogens with zero attached hydrogens (tertiary/aromatic N) is 3. The van der Waals surface area contributed by atoms with Gasteiger partial charge in [-0.3, -0.25) is 14.7 Å². The van der Waals surface area contributed by atoms with Crippen LogP contribution >= 0.6 is 0 Å². The Labute approximate surface area is 158 Å². The minimum absolute atomic E-state index is 0.157. The summed E-state index contributed by atoms with van der Waals surface area (Å²) in [5, 5.41) is 1.14. The van der Waals surface area contributed by atoms with Crippen molar-refractivity contribution in [3.05, 3.63) is 59.5 Å². The van der Waals surface area contributed by atoms with Gasteiger partial charge < -0.3 is 14.6 Å². The van der Waals surface area contributed by atoms with Crippen LogP contribution in [0.3, 0.4) is 0 Å². The Balaban J connectivity index is 1.46. The molecule has 3 heterocycles. The van der Waals surface area contributed by atoms with Gasteiger partial charge in [0.15, 0.2) is 0 Å². The average Bonchev–Trinajstić information content (AvgIpc) is 3.05. The second-order valence-electron chi connectivity index (χ2n) is 7.09. The molecule has 1 aliphatic rings. The van der Waals surface area contributed by atoms with E-state index in [0.29, 0.717) is 19.6 Å². The van der Waals surface area contributed by atoms with E-state index in [-0.39, 0.29) is 5.91 Å². The maximum Gasteiger partial charge on any atom is 0.237 e. The molecule has 1 aliphatic heterocycles. The zero-order valence-corrected chi connectivity index (χ0v) is 15.7. The fraction of sp³-hybridized carbons (Fsp3) is 0.333. The number of amides is 1. The minimum atomic E-state index is 0.157. The molecule has 0 saturated heterocycles. The lowest BCUT2D eigenvalue weighted by Gasteiger charge is -2.29. The SMILES string of the molecule is COc1ccc2[nH]c3c(c2c1)CN(C(=O)CN(C)Cc1cccnc1)CC3. The monoisotopic (exact) mass is 364 g/mol. The number of fused-ring (bicyclic) bond motifs is 3. The number of rotatable bonds is 5. The van der Waals surface area contributed by atoms with Gasteiger partial charge in [0.25, 0.3) is 0 Å². The molecule has 0 aliphatic carbocycles. The lowest BCUT2D eigenvalue weighted by molar-refractivity contribution is -0.133. The second-order valence-corrected chi connectivity index (χ2v) is 7.09. The Morgan fingerprint density at radius 2 is 2.26 bits per heavy atom. The van der Waals surface area contributed by atoms with Crippen molar-refractivity contribution in [3.63, 3.8) is 0 Å². The molecule has 3 aromatic rings. The number of methoxy groups -OCH3 is 1. The van der Waals surface area contributed by atoms with Crippen molar-refractivity contribution in [2.75, 3.05) is 27.2 Å². The van der Waals surface area contributed by atoms with E-state index < -0.39 is 0 Å². The number of likely N-dealkylation sites (N-methyl/N-ethyl adjacent to an activating group) is 1. The number of hydrogen-bond donors (Lipinski definition) is 1. The summed E-state index contributed by atoms with van der Waals surface area (Å²) in [5.41, 5.74) is 4.64. The zero-order valence-electron chi connectivity index (χ0n) is 15.7. The maximum absolute atomic E-state index is 12.8. The predicted octanol–water partition coefficient (Wildman–Crippen LogP) is 2.59. The van der Waals surface area contributed by atoms with Gasteiger partial charge in [0, 0.05) is 60.6 Å². The van der Waals surface area contributed by atoms with E-state index in [1.54, 1.807) is 13.3 Å². The Kier molecular flexibility index (Phi) is 4.81. The first-order valence-electron chi connectivity index (χ1n) is 9.16. The predicted molar refractivity (Wildman–Crippen MR) is 105 cm³/mol. The highest BCUT2D eigenvalue weighted by molar-refractivity contribution is 5.87. The van der Waals surface area contributed by atoms with Crippen molar-refractivity contribution < 1.29 is 9.53 Å². The van der Waals surface area contributed by atoms with Crippen LogP contribution in [0, 0.1) is 0 Å². The molecule has 1 amide bonds. The number of aromatic amines is 1. The van der Waals surface area contributed by atoms with Crippen LogP contribution < -0.4 is 4.74 Å². The van der Waals surface area contributed by atoms with E-state index >= 15 is 0 Å². The summed E-state index contributed by atoms with van der Waals surface area (Å²) < 4.78 is 5.36. The van der Waals surface area contributed by atoms with Gasteiger partial charge in [0.2, 0.25) is 5.91 Å². The molecule has 0 atom stereocenters. The summed E-state index contributed by atoms with van der Waals surface area (Å²) in [5.74, 6) is 0.994. The van der Waals surface area contributed by atoms with Crippen LogP contribution in [-0.2, 0) is 24.3 Å². The number of nitrogens with one attached hydrogen (secondary N) is 1. The van der Waals surface area contributed by atoms with Crippen LogP contribution in [0.5, 0.6) is 5.75 Å². The van der Waals surface area contributed by atoms with E-state index in [1.807, 2.05) is 53.4 Å². The molecule has 1 aromatic carbocycles. The third-order valence-electron chi connectivity index (χ3n) is 5.12. The number of hydrogen-bond acceptors (Lipinski definition) is 4. The second kappa shape index (κ2) is 7.40. The number of ether oxygens (including phenoxy) is 1. The van der Waals surface area contributed by atoms with Gasteiger partial charge in [-0.05, 0) is 36.9 Å². The van der Waals surface area contributed by atoms with Crippen molar-refractivity contribution in [2.45, 2.75) is 19.5 Å². The number of H-pyrrole nitrogens is 1. The molecule has 0 bridgehead atoms. The number of pyridine rings is 1.